The number of benzene rings is 2. The molecule has 116 valence electrons. The van der Waals surface area contributed by atoms with Crippen molar-refractivity contribution in [3.8, 4) is 0 Å². The molecule has 0 radical (unpaired) electrons. The molecule has 0 bridgehead atoms. The molecule has 0 saturated heterocycles. The second-order valence-electron chi connectivity index (χ2n) is 5.78. The number of rotatable bonds is 6. The summed E-state index contributed by atoms with van der Waals surface area (Å²) in [7, 11) is 3.94. The van der Waals surface area contributed by atoms with Crippen molar-refractivity contribution in [2.75, 3.05) is 14.1 Å². The van der Waals surface area contributed by atoms with Crippen LogP contribution in [0.5, 0.6) is 0 Å². The van der Waals surface area contributed by atoms with Gasteiger partial charge in [-0.15, -0.1) is 0 Å². The Morgan fingerprint density at radius 1 is 1.05 bits per heavy atom. The lowest BCUT2D eigenvalue weighted by Gasteiger charge is -2.38. The molecule has 2 rings (SSSR count). The first-order chi connectivity index (χ1) is 10.5. The summed E-state index contributed by atoms with van der Waals surface area (Å²) in [6, 6.07) is 17.3. The zero-order valence-electron chi connectivity index (χ0n) is 13.3. The van der Waals surface area contributed by atoms with Gasteiger partial charge in [0.25, 0.3) is 0 Å². The van der Waals surface area contributed by atoms with Crippen molar-refractivity contribution in [1.29, 1.82) is 0 Å². The zero-order chi connectivity index (χ0) is 16.2. The minimum atomic E-state index is -0.546. The molecule has 0 aliphatic carbocycles. The fourth-order valence-electron chi connectivity index (χ4n) is 2.85. The van der Waals surface area contributed by atoms with E-state index in [2.05, 4.69) is 19.1 Å². The predicted molar refractivity (Wildman–Crippen MR) is 92.6 cm³/mol. The first kappa shape index (κ1) is 16.7. The lowest BCUT2D eigenvalue weighted by molar-refractivity contribution is 0.0666. The van der Waals surface area contributed by atoms with Gasteiger partial charge in [0.05, 0.1) is 5.54 Å². The zero-order valence-corrected chi connectivity index (χ0v) is 14.1. The third kappa shape index (κ3) is 3.40. The quantitative estimate of drug-likeness (QED) is 0.733. The third-order valence-corrected chi connectivity index (χ3v) is 4.56. The van der Waals surface area contributed by atoms with Crippen LogP contribution < -0.4 is 0 Å². The summed E-state index contributed by atoms with van der Waals surface area (Å²) in [4.78, 5) is 15.2. The average Bonchev–Trinajstić information content (AvgIpc) is 2.53. The molecule has 0 aliphatic heterocycles. The summed E-state index contributed by atoms with van der Waals surface area (Å²) in [5, 5.41) is 0.645. The number of hydrogen-bond donors (Lipinski definition) is 0. The highest BCUT2D eigenvalue weighted by Crippen LogP contribution is 2.28. The van der Waals surface area contributed by atoms with Crippen LogP contribution in [0.15, 0.2) is 54.6 Å². The molecule has 1 unspecified atom stereocenters. The van der Waals surface area contributed by atoms with Crippen molar-refractivity contribution in [2.45, 2.75) is 25.3 Å². The molecule has 1 atom stereocenters. The Kier molecular flexibility index (Phi) is 5.38. The van der Waals surface area contributed by atoms with Crippen LogP contribution in [-0.4, -0.2) is 30.3 Å². The molecular formula is C19H22ClNO. The second-order valence-corrected chi connectivity index (χ2v) is 6.21. The van der Waals surface area contributed by atoms with Gasteiger partial charge >= 0.3 is 0 Å². The van der Waals surface area contributed by atoms with Crippen molar-refractivity contribution in [3.05, 3.63) is 70.7 Å². The normalized spacial score (nSPS) is 13.9. The molecule has 0 spiro atoms. The van der Waals surface area contributed by atoms with Gasteiger partial charge in [-0.1, -0.05) is 48.9 Å². The molecule has 0 amide bonds. The minimum Gasteiger partial charge on any atom is -0.297 e. The van der Waals surface area contributed by atoms with E-state index in [9.17, 15) is 4.79 Å². The summed E-state index contributed by atoms with van der Waals surface area (Å²) in [5.74, 6) is 0.139. The van der Waals surface area contributed by atoms with Crippen LogP contribution in [0.4, 0.5) is 0 Å². The Hall–Kier alpha value is -1.64. The molecule has 0 fully saturated rings. The Labute approximate surface area is 137 Å². The maximum absolute atomic E-state index is 13.2. The molecule has 0 heterocycles. The Bertz CT molecular complexity index is 622. The third-order valence-electron chi connectivity index (χ3n) is 4.31. The highest BCUT2D eigenvalue weighted by Gasteiger charge is 2.39. The number of likely N-dealkylation sites (N-methyl/N-ethyl adjacent to an activating group) is 1. The number of carbonyl (C=O) groups is 1. The van der Waals surface area contributed by atoms with Gasteiger partial charge in [0.15, 0.2) is 5.78 Å². The van der Waals surface area contributed by atoms with E-state index in [0.717, 1.165) is 6.42 Å². The summed E-state index contributed by atoms with van der Waals surface area (Å²) >= 11 is 5.94. The van der Waals surface area contributed by atoms with E-state index < -0.39 is 5.54 Å². The SMILES string of the molecule is CCC(Cc1ccccc1)(C(=O)c1ccc(Cl)cc1)N(C)C. The van der Waals surface area contributed by atoms with Crippen LogP contribution in [0.1, 0.15) is 29.3 Å². The number of halogens is 1. The van der Waals surface area contributed by atoms with E-state index in [1.54, 1.807) is 12.1 Å². The molecule has 2 aromatic rings. The van der Waals surface area contributed by atoms with Gasteiger partial charge in [-0.05, 0) is 56.8 Å². The molecule has 0 N–H and O–H groups in total. The van der Waals surface area contributed by atoms with E-state index in [1.165, 1.54) is 5.56 Å². The van der Waals surface area contributed by atoms with Gasteiger partial charge in [-0.2, -0.15) is 0 Å². The number of hydrogen-bond acceptors (Lipinski definition) is 2. The number of ketones is 1. The van der Waals surface area contributed by atoms with Gasteiger partial charge in [0.1, 0.15) is 0 Å². The van der Waals surface area contributed by atoms with E-state index in [4.69, 9.17) is 11.6 Å². The van der Waals surface area contributed by atoms with E-state index >= 15 is 0 Å². The van der Waals surface area contributed by atoms with Gasteiger partial charge < -0.3 is 0 Å². The highest BCUT2D eigenvalue weighted by atomic mass is 35.5. The monoisotopic (exact) mass is 315 g/mol. The molecule has 3 heteroatoms. The summed E-state index contributed by atoms with van der Waals surface area (Å²) in [6.07, 6.45) is 1.44. The fraction of sp³-hybridized carbons (Fsp3) is 0.316. The van der Waals surface area contributed by atoms with Crippen molar-refractivity contribution in [1.82, 2.24) is 4.90 Å². The topological polar surface area (TPSA) is 20.3 Å². The number of Topliss-reactive ketones (excluding diaryl/α,β-unsaturated/α-hetero) is 1. The van der Waals surface area contributed by atoms with Crippen molar-refractivity contribution >= 4 is 17.4 Å². The van der Waals surface area contributed by atoms with E-state index in [0.29, 0.717) is 17.0 Å². The number of carbonyl (C=O) groups excluding carboxylic acids is 1. The smallest absolute Gasteiger partial charge is 0.183 e. The summed E-state index contributed by atoms with van der Waals surface area (Å²) in [6.45, 7) is 2.07. The first-order valence-corrected chi connectivity index (χ1v) is 7.89. The minimum absolute atomic E-state index is 0.139. The number of nitrogens with zero attached hydrogens (tertiary/aromatic N) is 1. The van der Waals surface area contributed by atoms with Crippen LogP contribution in [0.2, 0.25) is 5.02 Å². The van der Waals surface area contributed by atoms with Crippen LogP contribution in [-0.2, 0) is 6.42 Å². The Balaban J connectivity index is 2.40. The average molecular weight is 316 g/mol. The largest absolute Gasteiger partial charge is 0.297 e. The molecule has 0 aliphatic rings. The summed E-state index contributed by atoms with van der Waals surface area (Å²) in [5.41, 5.74) is 1.33. The van der Waals surface area contributed by atoms with Crippen molar-refractivity contribution < 1.29 is 4.79 Å². The lowest BCUT2D eigenvalue weighted by Crippen LogP contribution is -2.52. The van der Waals surface area contributed by atoms with Gasteiger partial charge in [-0.3, -0.25) is 9.69 Å². The Morgan fingerprint density at radius 2 is 1.64 bits per heavy atom. The highest BCUT2D eigenvalue weighted by molar-refractivity contribution is 6.30. The Morgan fingerprint density at radius 3 is 2.14 bits per heavy atom. The van der Waals surface area contributed by atoms with Crippen LogP contribution in [0, 0.1) is 0 Å². The van der Waals surface area contributed by atoms with Crippen molar-refractivity contribution in [2.24, 2.45) is 0 Å². The maximum atomic E-state index is 13.2. The van der Waals surface area contributed by atoms with Crippen LogP contribution in [0.3, 0.4) is 0 Å². The van der Waals surface area contributed by atoms with E-state index in [-0.39, 0.29) is 5.78 Å². The van der Waals surface area contributed by atoms with Crippen LogP contribution >= 0.6 is 11.6 Å². The van der Waals surface area contributed by atoms with Crippen LogP contribution in [0.25, 0.3) is 0 Å². The molecule has 0 aromatic heterocycles. The molecule has 0 saturated carbocycles. The van der Waals surface area contributed by atoms with Crippen molar-refractivity contribution in [3.63, 3.8) is 0 Å². The molecule has 22 heavy (non-hydrogen) atoms. The molecule has 2 nitrogen and oxygen atoms in total. The standard InChI is InChI=1S/C19H22ClNO/c1-4-19(21(2)3,14-15-8-6-5-7-9-15)18(22)16-10-12-17(20)13-11-16/h5-13H,4,14H2,1-3H3. The van der Waals surface area contributed by atoms with E-state index in [1.807, 2.05) is 49.3 Å². The predicted octanol–water partition coefficient (Wildman–Crippen LogP) is 4.48. The summed E-state index contributed by atoms with van der Waals surface area (Å²) < 4.78 is 0. The van der Waals surface area contributed by atoms with Gasteiger partial charge in [0, 0.05) is 10.6 Å². The first-order valence-electron chi connectivity index (χ1n) is 7.51. The second kappa shape index (κ2) is 7.08. The lowest BCUT2D eigenvalue weighted by atomic mass is 9.80. The fourth-order valence-corrected chi connectivity index (χ4v) is 2.97. The molecular weight excluding hydrogens is 294 g/mol. The van der Waals surface area contributed by atoms with Gasteiger partial charge in [0.2, 0.25) is 0 Å². The molecule has 2 aromatic carbocycles. The van der Waals surface area contributed by atoms with Gasteiger partial charge in [-0.25, -0.2) is 0 Å². The maximum Gasteiger partial charge on any atom is 0.183 e.